The van der Waals surface area contributed by atoms with Gasteiger partial charge >= 0.3 is 0 Å². The molecule has 15 heavy (non-hydrogen) atoms. The molecule has 1 rings (SSSR count). The fourth-order valence-corrected chi connectivity index (χ4v) is 3.23. The summed E-state index contributed by atoms with van der Waals surface area (Å²) in [5, 5.41) is 3.51. The molecule has 3 heteroatoms. The van der Waals surface area contributed by atoms with Crippen LogP contribution in [0.5, 0.6) is 0 Å². The van der Waals surface area contributed by atoms with Gasteiger partial charge in [0.25, 0.3) is 0 Å². The number of rotatable bonds is 4. The summed E-state index contributed by atoms with van der Waals surface area (Å²) in [6.45, 7) is 6.51. The lowest BCUT2D eigenvalue weighted by Crippen LogP contribution is -2.15. The third-order valence-electron chi connectivity index (χ3n) is 2.30. The Morgan fingerprint density at radius 3 is 2.27 bits per heavy atom. The molecule has 0 radical (unpaired) electrons. The lowest BCUT2D eigenvalue weighted by atomic mass is 10.1. The van der Waals surface area contributed by atoms with E-state index in [0.29, 0.717) is 6.04 Å². The van der Waals surface area contributed by atoms with E-state index in [4.69, 9.17) is 0 Å². The van der Waals surface area contributed by atoms with Gasteiger partial charge < -0.3 is 5.32 Å². The van der Waals surface area contributed by atoms with Crippen molar-refractivity contribution >= 4 is 37.5 Å². The van der Waals surface area contributed by atoms with Crippen LogP contribution in [0.1, 0.15) is 32.3 Å². The van der Waals surface area contributed by atoms with Gasteiger partial charge in [0.05, 0.1) is 5.69 Å². The average Bonchev–Trinajstić information content (AvgIpc) is 2.11. The highest BCUT2D eigenvalue weighted by molar-refractivity contribution is 9.11. The van der Waals surface area contributed by atoms with E-state index < -0.39 is 0 Å². The normalized spacial score (nSPS) is 12.6. The van der Waals surface area contributed by atoms with E-state index in [1.165, 1.54) is 18.4 Å². The van der Waals surface area contributed by atoms with E-state index in [-0.39, 0.29) is 0 Å². The molecule has 1 unspecified atom stereocenters. The Morgan fingerprint density at radius 1 is 1.27 bits per heavy atom. The molecule has 1 nitrogen and oxygen atoms in total. The van der Waals surface area contributed by atoms with Gasteiger partial charge in [-0.2, -0.15) is 0 Å². The van der Waals surface area contributed by atoms with Crippen LogP contribution in [0.15, 0.2) is 21.1 Å². The zero-order valence-corrected chi connectivity index (χ0v) is 12.6. The second kappa shape index (κ2) is 5.90. The van der Waals surface area contributed by atoms with Crippen molar-refractivity contribution in [1.29, 1.82) is 0 Å². The minimum Gasteiger partial charge on any atom is -0.381 e. The topological polar surface area (TPSA) is 12.0 Å². The first kappa shape index (κ1) is 13.0. The molecule has 0 aromatic heterocycles. The van der Waals surface area contributed by atoms with Crippen LogP contribution >= 0.6 is 31.9 Å². The summed E-state index contributed by atoms with van der Waals surface area (Å²) in [6.07, 6.45) is 2.39. The first-order valence-electron chi connectivity index (χ1n) is 5.26. The van der Waals surface area contributed by atoms with Crippen molar-refractivity contribution in [3.8, 4) is 0 Å². The van der Waals surface area contributed by atoms with Crippen molar-refractivity contribution in [2.75, 3.05) is 5.32 Å². The summed E-state index contributed by atoms with van der Waals surface area (Å²) < 4.78 is 2.25. The predicted octanol–water partition coefficient (Wildman–Crippen LogP) is 5.12. The summed E-state index contributed by atoms with van der Waals surface area (Å²) in [6, 6.07) is 4.77. The summed E-state index contributed by atoms with van der Waals surface area (Å²) >= 11 is 7.17. The van der Waals surface area contributed by atoms with Crippen LogP contribution < -0.4 is 5.32 Å². The molecule has 1 aromatic rings. The maximum absolute atomic E-state index is 3.59. The van der Waals surface area contributed by atoms with Gasteiger partial charge in [0.1, 0.15) is 0 Å². The molecule has 84 valence electrons. The smallest absolute Gasteiger partial charge is 0.0631 e. The lowest BCUT2D eigenvalue weighted by molar-refractivity contribution is 0.689. The minimum atomic E-state index is 0.505. The first-order chi connectivity index (χ1) is 7.04. The standard InChI is InChI=1S/C12H17Br2N/c1-4-5-9(3)15-12-10(13)6-8(2)7-11(12)14/h6-7,9,15H,4-5H2,1-3H3. The molecule has 0 fully saturated rings. The number of hydrogen-bond donors (Lipinski definition) is 1. The first-order valence-corrected chi connectivity index (χ1v) is 6.85. The van der Waals surface area contributed by atoms with Gasteiger partial charge in [-0.05, 0) is 69.8 Å². The van der Waals surface area contributed by atoms with E-state index >= 15 is 0 Å². The van der Waals surface area contributed by atoms with Crippen LogP contribution in [-0.2, 0) is 0 Å². The maximum atomic E-state index is 3.59. The average molecular weight is 335 g/mol. The Kier molecular flexibility index (Phi) is 5.13. The zero-order chi connectivity index (χ0) is 11.4. The van der Waals surface area contributed by atoms with E-state index in [0.717, 1.165) is 14.6 Å². The van der Waals surface area contributed by atoms with E-state index in [9.17, 15) is 0 Å². The fourth-order valence-electron chi connectivity index (χ4n) is 1.59. The molecule has 1 aromatic carbocycles. The Balaban J connectivity index is 2.85. The Labute approximate surface area is 109 Å². The fraction of sp³-hybridized carbons (Fsp3) is 0.500. The highest BCUT2D eigenvalue weighted by atomic mass is 79.9. The highest BCUT2D eigenvalue weighted by Gasteiger charge is 2.08. The Hall–Kier alpha value is -0.0200. The Bertz CT molecular complexity index is 313. The summed E-state index contributed by atoms with van der Waals surface area (Å²) in [7, 11) is 0. The van der Waals surface area contributed by atoms with Gasteiger partial charge in [0, 0.05) is 15.0 Å². The highest BCUT2D eigenvalue weighted by Crippen LogP contribution is 2.33. The van der Waals surface area contributed by atoms with Crippen LogP contribution in [0, 0.1) is 6.92 Å². The Morgan fingerprint density at radius 2 is 1.80 bits per heavy atom. The van der Waals surface area contributed by atoms with Crippen LogP contribution in [0.2, 0.25) is 0 Å². The molecule has 0 saturated heterocycles. The minimum absolute atomic E-state index is 0.505. The number of anilines is 1. The van der Waals surface area contributed by atoms with Gasteiger partial charge in [0.15, 0.2) is 0 Å². The van der Waals surface area contributed by atoms with Gasteiger partial charge in [-0.3, -0.25) is 0 Å². The maximum Gasteiger partial charge on any atom is 0.0631 e. The second-order valence-electron chi connectivity index (χ2n) is 3.94. The van der Waals surface area contributed by atoms with Crippen molar-refractivity contribution in [2.24, 2.45) is 0 Å². The quantitative estimate of drug-likeness (QED) is 0.805. The number of aryl methyl sites for hydroxylation is 1. The molecule has 0 spiro atoms. The van der Waals surface area contributed by atoms with Crippen molar-refractivity contribution in [2.45, 2.75) is 39.7 Å². The third kappa shape index (κ3) is 3.80. The van der Waals surface area contributed by atoms with Gasteiger partial charge in [-0.1, -0.05) is 13.3 Å². The van der Waals surface area contributed by atoms with Gasteiger partial charge in [-0.15, -0.1) is 0 Å². The van der Waals surface area contributed by atoms with Crippen molar-refractivity contribution < 1.29 is 0 Å². The molecule has 0 heterocycles. The molecule has 1 atom stereocenters. The molecular formula is C12H17Br2N. The molecular weight excluding hydrogens is 318 g/mol. The van der Waals surface area contributed by atoms with E-state index in [1.807, 2.05) is 0 Å². The summed E-state index contributed by atoms with van der Waals surface area (Å²) in [5.74, 6) is 0. The van der Waals surface area contributed by atoms with Crippen molar-refractivity contribution in [3.63, 3.8) is 0 Å². The molecule has 0 aliphatic heterocycles. The number of benzene rings is 1. The second-order valence-corrected chi connectivity index (χ2v) is 5.65. The molecule has 0 aliphatic carbocycles. The number of halogens is 2. The summed E-state index contributed by atoms with van der Waals surface area (Å²) in [5.41, 5.74) is 2.41. The molecule has 0 bridgehead atoms. The molecule has 1 N–H and O–H groups in total. The molecule has 0 aliphatic rings. The van der Waals surface area contributed by atoms with Crippen LogP contribution in [0.3, 0.4) is 0 Å². The van der Waals surface area contributed by atoms with E-state index in [2.05, 4.69) is 70.1 Å². The predicted molar refractivity (Wildman–Crippen MR) is 74.6 cm³/mol. The third-order valence-corrected chi connectivity index (χ3v) is 3.55. The largest absolute Gasteiger partial charge is 0.381 e. The van der Waals surface area contributed by atoms with Crippen molar-refractivity contribution in [1.82, 2.24) is 0 Å². The van der Waals surface area contributed by atoms with Crippen LogP contribution in [0.4, 0.5) is 5.69 Å². The zero-order valence-electron chi connectivity index (χ0n) is 9.40. The lowest BCUT2D eigenvalue weighted by Gasteiger charge is -2.17. The van der Waals surface area contributed by atoms with Crippen LogP contribution in [0.25, 0.3) is 0 Å². The van der Waals surface area contributed by atoms with E-state index in [1.54, 1.807) is 0 Å². The molecule has 0 saturated carbocycles. The number of hydrogen-bond acceptors (Lipinski definition) is 1. The van der Waals surface area contributed by atoms with Crippen LogP contribution in [-0.4, -0.2) is 6.04 Å². The van der Waals surface area contributed by atoms with Gasteiger partial charge in [0.2, 0.25) is 0 Å². The SMILES string of the molecule is CCCC(C)Nc1c(Br)cc(C)cc1Br. The summed E-state index contributed by atoms with van der Waals surface area (Å²) in [4.78, 5) is 0. The van der Waals surface area contributed by atoms with Gasteiger partial charge in [-0.25, -0.2) is 0 Å². The monoisotopic (exact) mass is 333 g/mol. The molecule has 0 amide bonds. The van der Waals surface area contributed by atoms with Crippen molar-refractivity contribution in [3.05, 3.63) is 26.6 Å². The number of nitrogens with one attached hydrogen (secondary N) is 1.